The number of anilines is 2. The van der Waals surface area contributed by atoms with Crippen LogP contribution in [-0.2, 0) is 23.9 Å². The first-order valence-corrected chi connectivity index (χ1v) is 11.8. The summed E-state index contributed by atoms with van der Waals surface area (Å²) in [6.45, 7) is -0.0481. The molecule has 0 aliphatic carbocycles. The van der Waals surface area contributed by atoms with Crippen LogP contribution in [0.5, 0.6) is 0 Å². The van der Waals surface area contributed by atoms with E-state index >= 15 is 0 Å². The van der Waals surface area contributed by atoms with Crippen molar-refractivity contribution in [3.8, 4) is 11.3 Å². The molecule has 0 bridgehead atoms. The fraction of sp³-hybridized carbons (Fsp3) is 0.111. The molecule has 12 heteroatoms. The van der Waals surface area contributed by atoms with Crippen molar-refractivity contribution in [3.05, 3.63) is 106 Å². The van der Waals surface area contributed by atoms with Gasteiger partial charge >= 0.3 is 6.18 Å². The average Bonchev–Trinajstić information content (AvgIpc) is 3.24. The second kappa shape index (κ2) is 10.1. The topological polar surface area (TPSA) is 50.2 Å². The average molecular weight is 563 g/mol. The molecule has 39 heavy (non-hydrogen) atoms. The minimum atomic E-state index is -4.90. The number of aromatic nitrogens is 2. The summed E-state index contributed by atoms with van der Waals surface area (Å²) in [5.74, 6) is -2.30. The van der Waals surface area contributed by atoms with Crippen molar-refractivity contribution >= 4 is 35.2 Å². The third-order valence-electron chi connectivity index (χ3n) is 6.00. The Bertz CT molecular complexity index is 1600. The summed E-state index contributed by atoms with van der Waals surface area (Å²) in [4.78, 5) is 18.8. The van der Waals surface area contributed by atoms with E-state index in [0.29, 0.717) is 40.7 Å². The zero-order valence-electron chi connectivity index (χ0n) is 19.7. The van der Waals surface area contributed by atoms with Crippen LogP contribution in [0.25, 0.3) is 17.5 Å². The van der Waals surface area contributed by atoms with Gasteiger partial charge < -0.3 is 10.2 Å². The molecular formula is C27H17ClF6N4O. The molecular weight excluding hydrogens is 546 g/mol. The van der Waals surface area contributed by atoms with E-state index in [2.05, 4.69) is 10.3 Å². The molecule has 5 rings (SSSR count). The van der Waals surface area contributed by atoms with Crippen molar-refractivity contribution in [1.29, 1.82) is 0 Å². The lowest BCUT2D eigenvalue weighted by atomic mass is 10.1. The van der Waals surface area contributed by atoms with Crippen LogP contribution in [0, 0.1) is 17.5 Å². The number of nitrogens with zero attached hydrogens (tertiary/aromatic N) is 3. The van der Waals surface area contributed by atoms with Crippen LogP contribution >= 0.6 is 11.6 Å². The van der Waals surface area contributed by atoms with Crippen LogP contribution < -0.4 is 5.32 Å². The highest BCUT2D eigenvalue weighted by atomic mass is 35.5. The fourth-order valence-corrected chi connectivity index (χ4v) is 4.21. The Labute approximate surface area is 223 Å². The van der Waals surface area contributed by atoms with Crippen LogP contribution in [0.15, 0.2) is 66.9 Å². The van der Waals surface area contributed by atoms with E-state index in [4.69, 9.17) is 11.6 Å². The number of hydrogen-bond acceptors (Lipinski definition) is 3. The Morgan fingerprint density at radius 2 is 1.69 bits per heavy atom. The predicted molar refractivity (Wildman–Crippen MR) is 133 cm³/mol. The SMILES string of the molecule is O=C(Cc1ccc(F)c(C(F)(F)F)c1)N1C=Cn2c(nc(-c3ccc(F)cc3)c2Nc2ccc(Cl)c(F)c2)C1. The molecule has 200 valence electrons. The van der Waals surface area contributed by atoms with E-state index in [1.807, 2.05) is 0 Å². The summed E-state index contributed by atoms with van der Waals surface area (Å²) in [5, 5.41) is 3.02. The molecule has 0 saturated heterocycles. The van der Waals surface area contributed by atoms with Gasteiger partial charge in [-0.1, -0.05) is 17.7 Å². The summed E-state index contributed by atoms with van der Waals surface area (Å²) in [6, 6.07) is 12.1. The minimum Gasteiger partial charge on any atom is -0.339 e. The molecule has 2 heterocycles. The zero-order valence-corrected chi connectivity index (χ0v) is 20.5. The van der Waals surface area contributed by atoms with Crippen molar-refractivity contribution < 1.29 is 31.1 Å². The van der Waals surface area contributed by atoms with Crippen LogP contribution in [0.3, 0.4) is 0 Å². The first kappa shape index (κ1) is 26.4. The zero-order chi connectivity index (χ0) is 27.9. The molecule has 1 aliphatic heterocycles. The summed E-state index contributed by atoms with van der Waals surface area (Å²) >= 11 is 5.78. The molecule has 1 aliphatic rings. The smallest absolute Gasteiger partial charge is 0.339 e. The first-order valence-electron chi connectivity index (χ1n) is 11.4. The minimum absolute atomic E-state index is 0.00448. The number of benzene rings is 3. The van der Waals surface area contributed by atoms with Crippen LogP contribution in [0.1, 0.15) is 17.0 Å². The highest BCUT2D eigenvalue weighted by Gasteiger charge is 2.34. The van der Waals surface area contributed by atoms with Crippen LogP contribution in [-0.4, -0.2) is 20.4 Å². The van der Waals surface area contributed by atoms with Gasteiger partial charge in [-0.15, -0.1) is 0 Å². The number of rotatable bonds is 5. The Morgan fingerprint density at radius 1 is 0.949 bits per heavy atom. The van der Waals surface area contributed by atoms with E-state index in [9.17, 15) is 31.1 Å². The lowest BCUT2D eigenvalue weighted by molar-refractivity contribution is -0.140. The molecule has 4 aromatic rings. The van der Waals surface area contributed by atoms with Gasteiger partial charge in [0.2, 0.25) is 5.91 Å². The maximum Gasteiger partial charge on any atom is 0.419 e. The maximum absolute atomic E-state index is 14.1. The predicted octanol–water partition coefficient (Wildman–Crippen LogP) is 7.40. The molecule has 1 amide bonds. The van der Waals surface area contributed by atoms with Gasteiger partial charge in [0.05, 0.1) is 23.6 Å². The van der Waals surface area contributed by atoms with E-state index in [1.54, 1.807) is 10.6 Å². The van der Waals surface area contributed by atoms with Crippen molar-refractivity contribution in [2.45, 2.75) is 19.1 Å². The first-order chi connectivity index (χ1) is 18.5. The van der Waals surface area contributed by atoms with Crippen LogP contribution in [0.4, 0.5) is 37.8 Å². The number of hydrogen-bond donors (Lipinski definition) is 1. The van der Waals surface area contributed by atoms with Gasteiger partial charge in [-0.05, 0) is 60.2 Å². The van der Waals surface area contributed by atoms with Gasteiger partial charge in [0, 0.05) is 23.7 Å². The van der Waals surface area contributed by atoms with Gasteiger partial charge in [0.25, 0.3) is 0 Å². The lowest BCUT2D eigenvalue weighted by Crippen LogP contribution is -2.30. The van der Waals surface area contributed by atoms with Gasteiger partial charge in [0.1, 0.15) is 34.8 Å². The number of fused-ring (bicyclic) bond motifs is 1. The van der Waals surface area contributed by atoms with E-state index in [-0.39, 0.29) is 17.1 Å². The van der Waals surface area contributed by atoms with Gasteiger partial charge in [0.15, 0.2) is 0 Å². The molecule has 0 unspecified atom stereocenters. The number of halogens is 7. The normalized spacial score (nSPS) is 12.9. The molecule has 0 spiro atoms. The van der Waals surface area contributed by atoms with Gasteiger partial charge in [-0.2, -0.15) is 13.2 Å². The highest BCUT2D eigenvalue weighted by molar-refractivity contribution is 6.30. The lowest BCUT2D eigenvalue weighted by Gasteiger charge is -2.23. The largest absolute Gasteiger partial charge is 0.419 e. The molecule has 0 fully saturated rings. The molecule has 1 N–H and O–H groups in total. The number of alkyl halides is 3. The molecule has 0 atom stereocenters. The van der Waals surface area contributed by atoms with Crippen molar-refractivity contribution in [2.24, 2.45) is 0 Å². The Kier molecular flexibility index (Phi) is 6.85. The summed E-state index contributed by atoms with van der Waals surface area (Å²) in [5.41, 5.74) is -0.183. The summed E-state index contributed by atoms with van der Waals surface area (Å²) < 4.78 is 82.1. The van der Waals surface area contributed by atoms with Gasteiger partial charge in [-0.3, -0.25) is 9.36 Å². The number of nitrogens with one attached hydrogen (secondary N) is 1. The summed E-state index contributed by atoms with van der Waals surface area (Å²) in [6.07, 6.45) is -2.37. The molecule has 1 aromatic heterocycles. The monoisotopic (exact) mass is 562 g/mol. The van der Waals surface area contributed by atoms with Gasteiger partial charge in [-0.25, -0.2) is 18.2 Å². The van der Waals surface area contributed by atoms with Crippen molar-refractivity contribution in [2.75, 3.05) is 5.32 Å². The van der Waals surface area contributed by atoms with Crippen molar-refractivity contribution in [1.82, 2.24) is 14.5 Å². The van der Waals surface area contributed by atoms with Crippen molar-refractivity contribution in [3.63, 3.8) is 0 Å². The van der Waals surface area contributed by atoms with E-state index < -0.39 is 41.5 Å². The summed E-state index contributed by atoms with van der Waals surface area (Å²) in [7, 11) is 0. The Hall–Kier alpha value is -4.25. The fourth-order valence-electron chi connectivity index (χ4n) is 4.09. The maximum atomic E-state index is 14.1. The van der Waals surface area contributed by atoms with E-state index in [0.717, 1.165) is 6.07 Å². The standard InChI is InChI=1S/C27H17ClF6N4O/c28-20-7-6-18(13-22(20)31)35-26-25(16-2-4-17(29)5-3-16)36-23-14-37(9-10-38(23)26)24(39)12-15-1-8-21(30)19(11-15)27(32,33)34/h1-11,13,35H,12,14H2. The molecule has 0 saturated carbocycles. The number of carbonyl (C=O) groups excluding carboxylic acids is 1. The second-order valence-corrected chi connectivity index (χ2v) is 9.07. The molecule has 5 nitrogen and oxygen atoms in total. The Morgan fingerprint density at radius 3 is 2.38 bits per heavy atom. The highest BCUT2D eigenvalue weighted by Crippen LogP contribution is 2.35. The van der Waals surface area contributed by atoms with E-state index in [1.165, 1.54) is 53.7 Å². The number of carbonyl (C=O) groups is 1. The Balaban J connectivity index is 1.45. The number of amides is 1. The quantitative estimate of drug-likeness (QED) is 0.258. The molecule has 0 radical (unpaired) electrons. The van der Waals surface area contributed by atoms with Crippen LogP contribution in [0.2, 0.25) is 5.02 Å². The molecule has 3 aromatic carbocycles. The third-order valence-corrected chi connectivity index (χ3v) is 6.31. The third kappa shape index (κ3) is 5.49. The second-order valence-electron chi connectivity index (χ2n) is 8.66. The number of imidazole rings is 1.